The van der Waals surface area contributed by atoms with Crippen LogP contribution in [0.25, 0.3) is 17.2 Å². The maximum absolute atomic E-state index is 12.2. The Labute approximate surface area is 194 Å². The van der Waals surface area contributed by atoms with E-state index in [2.05, 4.69) is 29.6 Å². The van der Waals surface area contributed by atoms with Gasteiger partial charge in [0.05, 0.1) is 12.7 Å². The van der Waals surface area contributed by atoms with E-state index in [1.165, 1.54) is 29.4 Å². The molecule has 33 heavy (non-hydrogen) atoms. The standard InChI is InChI=1S/C28H27NO4/c1-19-14-15-20(17-25(19)27(30)32-2)9-7-8-16-29-28(31)33-18-26-23-12-5-3-10-21(23)22-11-4-6-13-24(22)26/h3-7,9-15,17,26H,8,16,18H2,1-2H3,(H,29,31). The smallest absolute Gasteiger partial charge is 0.407 e. The van der Waals surface area contributed by atoms with Gasteiger partial charge in [0.1, 0.15) is 6.61 Å². The van der Waals surface area contributed by atoms with Crippen LogP contribution >= 0.6 is 0 Å². The number of esters is 1. The molecule has 0 saturated carbocycles. The summed E-state index contributed by atoms with van der Waals surface area (Å²) >= 11 is 0. The van der Waals surface area contributed by atoms with E-state index >= 15 is 0 Å². The van der Waals surface area contributed by atoms with E-state index in [4.69, 9.17) is 9.47 Å². The molecule has 1 aliphatic rings. The monoisotopic (exact) mass is 441 g/mol. The van der Waals surface area contributed by atoms with Crippen LogP contribution in [0.15, 0.2) is 72.8 Å². The van der Waals surface area contributed by atoms with Gasteiger partial charge in [0.15, 0.2) is 0 Å². The molecule has 5 heteroatoms. The Hall–Kier alpha value is -3.86. The molecule has 0 aliphatic heterocycles. The van der Waals surface area contributed by atoms with E-state index in [1.54, 1.807) is 6.07 Å². The zero-order valence-electron chi connectivity index (χ0n) is 18.8. The lowest BCUT2D eigenvalue weighted by atomic mass is 9.98. The minimum absolute atomic E-state index is 0.0496. The molecular weight excluding hydrogens is 414 g/mol. The Kier molecular flexibility index (Phi) is 6.89. The third-order valence-electron chi connectivity index (χ3n) is 5.90. The number of amides is 1. The summed E-state index contributed by atoms with van der Waals surface area (Å²) in [5.74, 6) is -0.298. The van der Waals surface area contributed by atoms with E-state index in [-0.39, 0.29) is 11.9 Å². The Bertz CT molecular complexity index is 1150. The molecule has 0 aromatic heterocycles. The van der Waals surface area contributed by atoms with Crippen molar-refractivity contribution in [2.24, 2.45) is 0 Å². The van der Waals surface area contributed by atoms with Crippen LogP contribution < -0.4 is 5.32 Å². The summed E-state index contributed by atoms with van der Waals surface area (Å²) in [7, 11) is 1.37. The highest BCUT2D eigenvalue weighted by molar-refractivity contribution is 5.91. The number of methoxy groups -OCH3 is 1. The normalized spacial score (nSPS) is 12.3. The fourth-order valence-electron chi connectivity index (χ4n) is 4.20. The molecule has 3 aromatic rings. The first-order valence-electron chi connectivity index (χ1n) is 11.0. The number of benzene rings is 3. The summed E-state index contributed by atoms with van der Waals surface area (Å²) < 4.78 is 10.4. The van der Waals surface area contributed by atoms with Crippen LogP contribution in [0.1, 0.15) is 45.0 Å². The van der Waals surface area contributed by atoms with Crippen molar-refractivity contribution in [1.82, 2.24) is 5.32 Å². The van der Waals surface area contributed by atoms with Crippen molar-refractivity contribution in [3.05, 3.63) is 101 Å². The first-order valence-corrected chi connectivity index (χ1v) is 11.0. The van der Waals surface area contributed by atoms with Gasteiger partial charge >= 0.3 is 12.1 Å². The molecule has 4 rings (SSSR count). The highest BCUT2D eigenvalue weighted by Gasteiger charge is 2.28. The first-order chi connectivity index (χ1) is 16.1. The van der Waals surface area contributed by atoms with E-state index in [0.717, 1.165) is 11.1 Å². The molecule has 0 heterocycles. The molecule has 0 spiro atoms. The van der Waals surface area contributed by atoms with Crippen molar-refractivity contribution < 1.29 is 19.1 Å². The van der Waals surface area contributed by atoms with Crippen molar-refractivity contribution in [2.75, 3.05) is 20.3 Å². The second-order valence-corrected chi connectivity index (χ2v) is 8.01. The topological polar surface area (TPSA) is 64.6 Å². The molecular formula is C28H27NO4. The second-order valence-electron chi connectivity index (χ2n) is 8.01. The zero-order chi connectivity index (χ0) is 23.2. The van der Waals surface area contributed by atoms with E-state index in [9.17, 15) is 9.59 Å². The zero-order valence-corrected chi connectivity index (χ0v) is 18.8. The largest absolute Gasteiger partial charge is 0.465 e. The van der Waals surface area contributed by atoms with Gasteiger partial charge in [-0.25, -0.2) is 9.59 Å². The number of fused-ring (bicyclic) bond motifs is 3. The molecule has 0 radical (unpaired) electrons. The van der Waals surface area contributed by atoms with Gasteiger partial charge in [-0.2, -0.15) is 0 Å². The van der Waals surface area contributed by atoms with Crippen molar-refractivity contribution in [2.45, 2.75) is 19.3 Å². The Morgan fingerprint density at radius 2 is 1.64 bits per heavy atom. The van der Waals surface area contributed by atoms with Gasteiger partial charge in [0, 0.05) is 12.5 Å². The van der Waals surface area contributed by atoms with Gasteiger partial charge in [-0.15, -0.1) is 0 Å². The summed E-state index contributed by atoms with van der Waals surface area (Å²) in [6.07, 6.45) is 4.10. The average Bonchev–Trinajstić information content (AvgIpc) is 3.16. The highest BCUT2D eigenvalue weighted by Crippen LogP contribution is 2.44. The van der Waals surface area contributed by atoms with Crippen LogP contribution in [0.5, 0.6) is 0 Å². The maximum Gasteiger partial charge on any atom is 0.407 e. The van der Waals surface area contributed by atoms with Crippen molar-refractivity contribution in [3.8, 4) is 11.1 Å². The lowest BCUT2D eigenvalue weighted by molar-refractivity contribution is 0.0600. The molecule has 168 valence electrons. The predicted octanol–water partition coefficient (Wildman–Crippen LogP) is 5.72. The average molecular weight is 442 g/mol. The molecule has 0 saturated heterocycles. The highest BCUT2D eigenvalue weighted by atomic mass is 16.5. The fourth-order valence-corrected chi connectivity index (χ4v) is 4.20. The van der Waals surface area contributed by atoms with Crippen LogP contribution in [0, 0.1) is 6.92 Å². The molecule has 3 aromatic carbocycles. The molecule has 1 aliphatic carbocycles. The summed E-state index contributed by atoms with van der Waals surface area (Å²) in [6.45, 7) is 2.64. The number of hydrogen-bond donors (Lipinski definition) is 1. The molecule has 1 N–H and O–H groups in total. The summed E-state index contributed by atoms with van der Waals surface area (Å²) in [5.41, 5.74) is 7.13. The van der Waals surface area contributed by atoms with E-state index < -0.39 is 6.09 Å². The minimum atomic E-state index is -0.423. The second kappa shape index (κ2) is 10.2. The number of carbonyl (C=O) groups is 2. The molecule has 0 atom stereocenters. The predicted molar refractivity (Wildman–Crippen MR) is 129 cm³/mol. The number of nitrogens with one attached hydrogen (secondary N) is 1. The minimum Gasteiger partial charge on any atom is -0.465 e. The van der Waals surface area contributed by atoms with Gasteiger partial charge in [-0.05, 0) is 52.8 Å². The number of alkyl carbamates (subject to hydrolysis) is 1. The van der Waals surface area contributed by atoms with Crippen molar-refractivity contribution in [3.63, 3.8) is 0 Å². The SMILES string of the molecule is COC(=O)c1cc(C=CCCNC(=O)OCC2c3ccccc3-c3ccccc32)ccc1C. The van der Waals surface area contributed by atoms with Crippen LogP contribution in [0.3, 0.4) is 0 Å². The van der Waals surface area contributed by atoms with Crippen LogP contribution in [0.2, 0.25) is 0 Å². The van der Waals surface area contributed by atoms with Crippen LogP contribution in [-0.2, 0) is 9.47 Å². The Morgan fingerprint density at radius 3 is 2.30 bits per heavy atom. The number of hydrogen-bond acceptors (Lipinski definition) is 4. The Balaban J connectivity index is 1.27. The van der Waals surface area contributed by atoms with E-state index in [0.29, 0.717) is 25.1 Å². The summed E-state index contributed by atoms with van der Waals surface area (Å²) in [6, 6.07) is 22.2. The van der Waals surface area contributed by atoms with Gasteiger partial charge in [0.25, 0.3) is 0 Å². The number of carbonyl (C=O) groups excluding carboxylic acids is 2. The quantitative estimate of drug-likeness (QED) is 0.376. The Morgan fingerprint density at radius 1 is 0.970 bits per heavy atom. The number of ether oxygens (including phenoxy) is 2. The summed E-state index contributed by atoms with van der Waals surface area (Å²) in [5, 5.41) is 2.80. The molecule has 5 nitrogen and oxygen atoms in total. The molecule has 0 bridgehead atoms. The van der Waals surface area contributed by atoms with Gasteiger partial charge in [-0.1, -0.05) is 72.8 Å². The first kappa shape index (κ1) is 22.3. The number of rotatable bonds is 7. The van der Waals surface area contributed by atoms with Gasteiger partial charge < -0.3 is 14.8 Å². The lowest BCUT2D eigenvalue weighted by Crippen LogP contribution is -2.26. The van der Waals surface area contributed by atoms with Gasteiger partial charge in [0.2, 0.25) is 0 Å². The molecule has 1 amide bonds. The third kappa shape index (κ3) is 4.98. The third-order valence-corrected chi connectivity index (χ3v) is 5.90. The van der Waals surface area contributed by atoms with Gasteiger partial charge in [-0.3, -0.25) is 0 Å². The fraction of sp³-hybridized carbons (Fsp3) is 0.214. The van der Waals surface area contributed by atoms with Crippen molar-refractivity contribution >= 4 is 18.1 Å². The molecule has 0 unspecified atom stereocenters. The van der Waals surface area contributed by atoms with Crippen LogP contribution in [0.4, 0.5) is 4.79 Å². The van der Waals surface area contributed by atoms with E-state index in [1.807, 2.05) is 55.5 Å². The van der Waals surface area contributed by atoms with Crippen molar-refractivity contribution in [1.29, 1.82) is 0 Å². The van der Waals surface area contributed by atoms with Crippen LogP contribution in [-0.4, -0.2) is 32.3 Å². The maximum atomic E-state index is 12.2. The molecule has 0 fully saturated rings. The summed E-state index contributed by atoms with van der Waals surface area (Å²) in [4.78, 5) is 24.1. The lowest BCUT2D eigenvalue weighted by Gasteiger charge is -2.14. The number of aryl methyl sites for hydroxylation is 1.